The van der Waals surface area contributed by atoms with Crippen LogP contribution in [0.3, 0.4) is 0 Å². The van der Waals surface area contributed by atoms with Crippen molar-refractivity contribution in [3.05, 3.63) is 29.8 Å². The van der Waals surface area contributed by atoms with E-state index >= 15 is 0 Å². The molecule has 1 rings (SSSR count). The van der Waals surface area contributed by atoms with Crippen LogP contribution in [0.2, 0.25) is 0 Å². The summed E-state index contributed by atoms with van der Waals surface area (Å²) in [6, 6.07) is 8.45. The summed E-state index contributed by atoms with van der Waals surface area (Å²) in [4.78, 5) is 0. The van der Waals surface area contributed by atoms with Gasteiger partial charge in [0, 0.05) is 11.6 Å². The van der Waals surface area contributed by atoms with Crippen LogP contribution >= 0.6 is 0 Å². The zero-order valence-electron chi connectivity index (χ0n) is 11.4. The first-order valence-electron chi connectivity index (χ1n) is 6.78. The van der Waals surface area contributed by atoms with Gasteiger partial charge in [-0.15, -0.1) is 0 Å². The van der Waals surface area contributed by atoms with Gasteiger partial charge in [-0.2, -0.15) is 0 Å². The van der Waals surface area contributed by atoms with Crippen LogP contribution in [0.5, 0.6) is 5.75 Å². The average Bonchev–Trinajstić information content (AvgIpc) is 2.41. The summed E-state index contributed by atoms with van der Waals surface area (Å²) in [7, 11) is 1.96. The van der Waals surface area contributed by atoms with Gasteiger partial charge in [0.25, 0.3) is 0 Å². The molecule has 3 heteroatoms. The lowest BCUT2D eigenvalue weighted by Gasteiger charge is -2.18. The number of rotatable bonds is 9. The Hall–Kier alpha value is -1.09. The highest BCUT2D eigenvalue weighted by Gasteiger charge is 2.11. The Morgan fingerprint density at radius 3 is 2.67 bits per heavy atom. The number of benzene rings is 1. The fraction of sp³-hybridized carbons (Fsp3) is 0.600. The van der Waals surface area contributed by atoms with E-state index in [1.807, 2.05) is 25.2 Å². The number of nitrogens with one attached hydrogen (secondary N) is 1. The molecule has 0 bridgehead atoms. The lowest BCUT2D eigenvalue weighted by molar-refractivity contribution is 0.295. The van der Waals surface area contributed by atoms with Crippen molar-refractivity contribution in [2.75, 3.05) is 20.3 Å². The summed E-state index contributed by atoms with van der Waals surface area (Å²) < 4.78 is 17.8. The van der Waals surface area contributed by atoms with Crippen LogP contribution in [0, 0.1) is 0 Å². The number of para-hydroxylation sites is 1. The molecule has 18 heavy (non-hydrogen) atoms. The first kappa shape index (κ1) is 15.0. The number of hydrogen-bond acceptors (Lipinski definition) is 2. The smallest absolute Gasteiger partial charge is 0.124 e. The van der Waals surface area contributed by atoms with Crippen molar-refractivity contribution in [3.63, 3.8) is 0 Å². The molecule has 1 aromatic carbocycles. The van der Waals surface area contributed by atoms with Gasteiger partial charge in [0.1, 0.15) is 5.75 Å². The summed E-state index contributed by atoms with van der Waals surface area (Å²) in [6.45, 7) is 2.59. The molecule has 1 N–H and O–H groups in total. The molecule has 1 unspecified atom stereocenters. The molecule has 0 radical (unpaired) electrons. The Morgan fingerprint density at radius 1 is 1.22 bits per heavy atom. The van der Waals surface area contributed by atoms with Crippen molar-refractivity contribution in [1.82, 2.24) is 5.32 Å². The van der Waals surface area contributed by atoms with Crippen LogP contribution in [0.15, 0.2) is 24.3 Å². The summed E-state index contributed by atoms with van der Waals surface area (Å²) in [5, 5.41) is 3.29. The van der Waals surface area contributed by atoms with Gasteiger partial charge in [-0.25, -0.2) is 0 Å². The van der Waals surface area contributed by atoms with E-state index in [2.05, 4.69) is 18.3 Å². The van der Waals surface area contributed by atoms with E-state index in [-0.39, 0.29) is 6.67 Å². The van der Waals surface area contributed by atoms with E-state index in [9.17, 15) is 4.39 Å². The molecule has 1 atom stereocenters. The monoisotopic (exact) mass is 253 g/mol. The summed E-state index contributed by atoms with van der Waals surface area (Å²) >= 11 is 0. The first-order valence-corrected chi connectivity index (χ1v) is 6.78. The van der Waals surface area contributed by atoms with E-state index in [0.717, 1.165) is 25.0 Å². The fourth-order valence-corrected chi connectivity index (χ4v) is 2.03. The van der Waals surface area contributed by atoms with E-state index < -0.39 is 0 Å². The Kier molecular flexibility index (Phi) is 7.42. The molecule has 0 aromatic heterocycles. The standard InChI is InChI=1S/C15H24FNO/c1-3-14(17-2)13-9-5-6-10-15(13)18-12-8-4-7-11-16/h5-6,9-10,14,17H,3-4,7-8,11-12H2,1-2H3. The van der Waals surface area contributed by atoms with Crippen molar-refractivity contribution < 1.29 is 9.13 Å². The van der Waals surface area contributed by atoms with Gasteiger partial charge in [-0.05, 0) is 38.8 Å². The number of hydrogen-bond donors (Lipinski definition) is 1. The maximum Gasteiger partial charge on any atom is 0.124 e. The maximum absolute atomic E-state index is 12.0. The fourth-order valence-electron chi connectivity index (χ4n) is 2.03. The van der Waals surface area contributed by atoms with E-state index in [0.29, 0.717) is 19.1 Å². The van der Waals surface area contributed by atoms with Crippen molar-refractivity contribution in [1.29, 1.82) is 0 Å². The molecule has 0 saturated heterocycles. The van der Waals surface area contributed by atoms with E-state index in [1.54, 1.807) is 0 Å². The second-order valence-electron chi connectivity index (χ2n) is 4.39. The number of unbranched alkanes of at least 4 members (excludes halogenated alkanes) is 2. The van der Waals surface area contributed by atoms with Gasteiger partial charge in [0.15, 0.2) is 0 Å². The van der Waals surface area contributed by atoms with Crippen molar-refractivity contribution in [3.8, 4) is 5.75 Å². The quantitative estimate of drug-likeness (QED) is 0.674. The van der Waals surface area contributed by atoms with Crippen LogP contribution in [-0.2, 0) is 0 Å². The van der Waals surface area contributed by atoms with E-state index in [4.69, 9.17) is 4.74 Å². The summed E-state index contributed by atoms with van der Waals surface area (Å²) in [6.07, 6.45) is 3.47. The number of halogens is 1. The van der Waals surface area contributed by atoms with Gasteiger partial charge in [0.2, 0.25) is 0 Å². The van der Waals surface area contributed by atoms with Crippen LogP contribution in [0.25, 0.3) is 0 Å². The molecule has 0 fully saturated rings. The topological polar surface area (TPSA) is 21.3 Å². The third kappa shape index (κ3) is 4.65. The highest BCUT2D eigenvalue weighted by Crippen LogP contribution is 2.26. The Bertz CT molecular complexity index is 326. The van der Waals surface area contributed by atoms with Gasteiger partial charge < -0.3 is 10.1 Å². The van der Waals surface area contributed by atoms with E-state index in [1.165, 1.54) is 5.56 Å². The molecule has 0 aliphatic rings. The van der Waals surface area contributed by atoms with Crippen molar-refractivity contribution in [2.45, 2.75) is 38.6 Å². The Balaban J connectivity index is 2.53. The molecular weight excluding hydrogens is 229 g/mol. The largest absolute Gasteiger partial charge is 0.493 e. The molecule has 0 amide bonds. The Morgan fingerprint density at radius 2 is 2.00 bits per heavy atom. The molecule has 2 nitrogen and oxygen atoms in total. The van der Waals surface area contributed by atoms with Crippen LogP contribution in [-0.4, -0.2) is 20.3 Å². The number of alkyl halides is 1. The molecule has 102 valence electrons. The molecule has 0 saturated carbocycles. The Labute approximate surface area is 110 Å². The lowest BCUT2D eigenvalue weighted by atomic mass is 10.0. The highest BCUT2D eigenvalue weighted by atomic mass is 19.1. The summed E-state index contributed by atoms with van der Waals surface area (Å²) in [5.74, 6) is 0.943. The lowest BCUT2D eigenvalue weighted by Crippen LogP contribution is -2.16. The van der Waals surface area contributed by atoms with Gasteiger partial charge in [-0.3, -0.25) is 4.39 Å². The molecular formula is C15H24FNO. The molecule has 1 aromatic rings. The molecule has 0 spiro atoms. The number of ether oxygens (including phenoxy) is 1. The predicted molar refractivity (Wildman–Crippen MR) is 73.9 cm³/mol. The molecule has 0 aliphatic heterocycles. The highest BCUT2D eigenvalue weighted by molar-refractivity contribution is 5.35. The zero-order valence-corrected chi connectivity index (χ0v) is 11.4. The second kappa shape index (κ2) is 8.92. The predicted octanol–water partition coefficient (Wildman–Crippen LogP) is 3.88. The van der Waals surface area contributed by atoms with Crippen LogP contribution in [0.1, 0.15) is 44.2 Å². The van der Waals surface area contributed by atoms with Gasteiger partial charge in [0.05, 0.1) is 13.3 Å². The maximum atomic E-state index is 12.0. The minimum atomic E-state index is -0.228. The third-order valence-corrected chi connectivity index (χ3v) is 3.09. The van der Waals surface area contributed by atoms with Gasteiger partial charge in [-0.1, -0.05) is 25.1 Å². The SMILES string of the molecule is CCC(NC)c1ccccc1OCCCCCF. The second-order valence-corrected chi connectivity index (χ2v) is 4.39. The third-order valence-electron chi connectivity index (χ3n) is 3.09. The summed E-state index contributed by atoms with van der Waals surface area (Å²) in [5.41, 5.74) is 1.20. The minimum absolute atomic E-state index is 0.228. The van der Waals surface area contributed by atoms with Gasteiger partial charge >= 0.3 is 0 Å². The van der Waals surface area contributed by atoms with Crippen LogP contribution in [0.4, 0.5) is 4.39 Å². The molecule has 0 aliphatic carbocycles. The van der Waals surface area contributed by atoms with Crippen molar-refractivity contribution in [2.24, 2.45) is 0 Å². The molecule has 0 heterocycles. The minimum Gasteiger partial charge on any atom is -0.493 e. The first-order chi connectivity index (χ1) is 8.83. The normalized spacial score (nSPS) is 12.4. The van der Waals surface area contributed by atoms with Crippen LogP contribution < -0.4 is 10.1 Å². The zero-order chi connectivity index (χ0) is 13.2. The average molecular weight is 253 g/mol. The van der Waals surface area contributed by atoms with Crippen molar-refractivity contribution >= 4 is 0 Å².